The highest BCUT2D eigenvalue weighted by Gasteiger charge is 2.62. The molecule has 12 rings (SSSR count). The molecule has 12 saturated carbocycles. The van der Waals surface area contributed by atoms with Crippen molar-refractivity contribution in [1.82, 2.24) is 4.72 Å². The number of ketones is 3. The van der Waals surface area contributed by atoms with E-state index < -0.39 is 33.0 Å². The summed E-state index contributed by atoms with van der Waals surface area (Å²) in [6.45, 7) is 42.4. The minimum Gasteiger partial charge on any atom is -0.325 e. The van der Waals surface area contributed by atoms with Crippen molar-refractivity contribution in [3.05, 3.63) is 0 Å². The van der Waals surface area contributed by atoms with E-state index in [-0.39, 0.29) is 41.6 Å². The van der Waals surface area contributed by atoms with Crippen LogP contribution in [-0.2, 0) is 47.3 Å². The Morgan fingerprint density at radius 2 is 0.987 bits per heavy atom. The van der Waals surface area contributed by atoms with E-state index in [1.165, 1.54) is 121 Å². The molecule has 12 bridgehead atoms. The number of fused-ring (bicyclic) bond motifs is 12. The normalized spacial score (nSPS) is 41.3. The van der Waals surface area contributed by atoms with Gasteiger partial charge in [0.1, 0.15) is 28.3 Å². The van der Waals surface area contributed by atoms with Crippen LogP contribution in [0, 0.1) is 98.6 Å². The number of hydrogen-bond donors (Lipinski definition) is 3. The molecule has 450 valence electrons. The third-order valence-corrected chi connectivity index (χ3v) is 28.3. The lowest BCUT2D eigenvalue weighted by Crippen LogP contribution is -2.59. The van der Waals surface area contributed by atoms with Crippen molar-refractivity contribution in [2.45, 2.75) is 286 Å². The van der Waals surface area contributed by atoms with Crippen molar-refractivity contribution in [1.29, 1.82) is 0 Å². The first-order chi connectivity index (χ1) is 35.5. The third kappa shape index (κ3) is 13.6. The molecular weight excluding hydrogens is 1030 g/mol. The number of nitrogens with one attached hydrogen (secondary N) is 1. The molecule has 3 unspecified atom stereocenters. The fourth-order valence-electron chi connectivity index (χ4n) is 16.8. The average molecular weight is 1150 g/mol. The average Bonchev–Trinajstić information content (AvgIpc) is 4.17. The van der Waals surface area contributed by atoms with E-state index in [2.05, 4.69) is 85.3 Å². The van der Waals surface area contributed by atoms with Crippen LogP contribution in [0.2, 0.25) is 0 Å². The van der Waals surface area contributed by atoms with Gasteiger partial charge in [-0.15, -0.1) is 0 Å². The fourth-order valence-corrected chi connectivity index (χ4v) is 18.8. The van der Waals surface area contributed by atoms with Crippen molar-refractivity contribution < 1.29 is 27.0 Å². The lowest BCUT2D eigenvalue weighted by atomic mass is 9.65. The van der Waals surface area contributed by atoms with Gasteiger partial charge in [-0.2, -0.15) is 4.40 Å². The predicted molar refractivity (Wildman–Crippen MR) is 328 cm³/mol. The Kier molecular flexibility index (Phi) is 20.2. The summed E-state index contributed by atoms with van der Waals surface area (Å²) in [6, 6.07) is 0. The zero-order chi connectivity index (χ0) is 58.9. The highest BCUT2D eigenvalue weighted by molar-refractivity contribution is 7.85. The molecule has 5 N–H and O–H groups in total. The van der Waals surface area contributed by atoms with Crippen LogP contribution in [0.25, 0.3) is 0 Å². The number of nitrogens with zero attached hydrogens (tertiary/aromatic N) is 1. The molecule has 0 spiro atoms. The first-order valence-corrected chi connectivity index (χ1v) is 34.7. The SMILES string of the molecule is CC(C)(C)S(=O)NC1(C)[C@@H]2CC[C@@H](C2)C1(C)C.CC(C)(C)[S@@](N)=O.CC1(C)C(=NS(=O)C(C)(C)C)[C@@H]2CC[C@H]1C2.CC1(C)C(=O)[C@@H]2CC[C@H]1C2.CC1(C)[C@H]2CC[C@H](C2)[C@@]1(C)N.C[C@H]1C(=O)[C@@H]2CC[C@H]1C2.O=C1C[C@H]2CC[C@@H]1C2. The molecule has 0 amide bonds. The van der Waals surface area contributed by atoms with Gasteiger partial charge in [0.25, 0.3) is 0 Å². The minimum atomic E-state index is -1.18. The van der Waals surface area contributed by atoms with Crippen molar-refractivity contribution in [3.63, 3.8) is 0 Å². The van der Waals surface area contributed by atoms with Crippen LogP contribution in [0.1, 0.15) is 260 Å². The lowest BCUT2D eigenvalue weighted by molar-refractivity contribution is -0.130. The molecule has 18 atom stereocenters. The van der Waals surface area contributed by atoms with Gasteiger partial charge in [0.15, 0.2) is 0 Å². The molecule has 0 aromatic heterocycles. The van der Waals surface area contributed by atoms with Gasteiger partial charge in [-0.05, 0) is 256 Å². The van der Waals surface area contributed by atoms with Gasteiger partial charge in [0.2, 0.25) is 0 Å². The Labute approximate surface area is 484 Å². The summed E-state index contributed by atoms with van der Waals surface area (Å²) in [5.41, 5.74) is 8.58. The summed E-state index contributed by atoms with van der Waals surface area (Å²) in [5, 5.41) is 5.04. The molecule has 0 radical (unpaired) electrons. The van der Waals surface area contributed by atoms with E-state index in [0.29, 0.717) is 64.2 Å². The second-order valence-electron chi connectivity index (χ2n) is 32.8. The number of carbonyl (C=O) groups excluding carboxylic acids is 3. The second kappa shape index (κ2) is 23.8. The Hall–Kier alpha value is -0.990. The van der Waals surface area contributed by atoms with E-state index in [9.17, 15) is 27.0 Å². The summed E-state index contributed by atoms with van der Waals surface area (Å²) in [6.07, 6.45) is 24.1. The van der Waals surface area contributed by atoms with Crippen LogP contribution >= 0.6 is 0 Å². The van der Waals surface area contributed by atoms with E-state index in [1.54, 1.807) is 0 Å². The number of rotatable bonds is 3. The summed E-state index contributed by atoms with van der Waals surface area (Å²) >= 11 is 0. The predicted octanol–water partition coefficient (Wildman–Crippen LogP) is 14.2. The lowest BCUT2D eigenvalue weighted by Gasteiger charge is -2.48. The van der Waals surface area contributed by atoms with E-state index in [0.717, 1.165) is 41.9 Å². The summed E-state index contributed by atoms with van der Waals surface area (Å²) in [5.74, 6) is 10.3. The molecule has 0 saturated heterocycles. The Morgan fingerprint density at radius 1 is 0.513 bits per heavy atom. The molecule has 0 heterocycles. The van der Waals surface area contributed by atoms with Gasteiger partial charge in [0.05, 0.1) is 36.2 Å². The molecule has 0 aliphatic heterocycles. The van der Waals surface area contributed by atoms with Crippen LogP contribution in [0.15, 0.2) is 4.40 Å². The highest BCUT2D eigenvalue weighted by atomic mass is 32.2. The molecule has 10 nitrogen and oxygen atoms in total. The Bertz CT molecular complexity index is 2260. The maximum absolute atomic E-state index is 12.4. The van der Waals surface area contributed by atoms with Crippen LogP contribution in [-0.4, -0.2) is 61.0 Å². The minimum absolute atomic E-state index is 0.0307. The topological polar surface area (TPSA) is 179 Å². The van der Waals surface area contributed by atoms with E-state index in [1.807, 2.05) is 62.3 Å². The van der Waals surface area contributed by atoms with Crippen molar-refractivity contribution in [2.75, 3.05) is 0 Å². The quantitative estimate of drug-likeness (QED) is 0.252. The molecular formula is C65H116N4O6S3. The number of Topliss-reactive ketones (excluding diaryl/α,β-unsaturated/α-hetero) is 3. The van der Waals surface area contributed by atoms with Gasteiger partial charge in [0, 0.05) is 57.7 Å². The fraction of sp³-hybridized carbons (Fsp3) is 0.938. The van der Waals surface area contributed by atoms with E-state index in [4.69, 9.17) is 10.9 Å². The Morgan fingerprint density at radius 3 is 1.28 bits per heavy atom. The van der Waals surface area contributed by atoms with Gasteiger partial charge in [-0.3, -0.25) is 19.5 Å². The molecule has 0 aromatic carbocycles. The smallest absolute Gasteiger partial charge is 0.144 e. The highest BCUT2D eigenvalue weighted by Crippen LogP contribution is 2.62. The van der Waals surface area contributed by atoms with Crippen LogP contribution in [0.4, 0.5) is 0 Å². The first-order valence-electron chi connectivity index (χ1n) is 31.3. The first kappa shape index (κ1) is 66.2. The number of carbonyl (C=O) groups is 3. The monoisotopic (exact) mass is 1140 g/mol. The molecule has 12 fully saturated rings. The number of nitrogens with two attached hydrogens (primary N) is 2. The summed E-state index contributed by atoms with van der Waals surface area (Å²) in [4.78, 5) is 33.5. The van der Waals surface area contributed by atoms with Gasteiger partial charge < -0.3 is 5.73 Å². The molecule has 12 aliphatic rings. The standard InChI is InChI=1S/C14H27NOS.C13H23NOS.C10H19N.C9H14O.C8H12O.C7H10O.C4H11NOS/c1-12(2,3)17(16)15-14(6)11-8-7-10(9-11)13(14,4)5;1-12(2,3)16(15)14-11-9-6-7-10(8-9)13(11,4)5;1-9(2)7-4-5-8(6-7)10(9,3)11;1-9(2)7-4-3-6(5-7)8(9)10;1-5-6-2-3-7(4-6)8(5)9;8-7-4-5-1-2-6(7)3-5;1-4(2,3)7(5)6/h10-11,15H,7-9H2,1-6H3;9-10H,6-8H2,1-5H3;7-8H,4-6,11H2,1-3H3;6-7H,3-5H2,1-2H3;5-7H,2-4H2,1H3;5-6H,1-4H2;5H2,1-3H3/t10-,11+,14?,17?;9-,10+,16?;7-,8+,10+;6-,7+;5-,6+,7-;5-,6+;7-/m0101100/s1. The molecule has 13 heteroatoms. The van der Waals surface area contributed by atoms with Crippen molar-refractivity contribution >= 4 is 56.0 Å². The zero-order valence-electron chi connectivity index (χ0n) is 53.2. The Balaban J connectivity index is 0.000000150. The van der Waals surface area contributed by atoms with Crippen molar-refractivity contribution in [3.8, 4) is 0 Å². The van der Waals surface area contributed by atoms with Gasteiger partial charge >= 0.3 is 0 Å². The van der Waals surface area contributed by atoms with Gasteiger partial charge in [-0.1, -0.05) is 62.3 Å². The third-order valence-electron chi connectivity index (χ3n) is 23.9. The largest absolute Gasteiger partial charge is 0.325 e. The van der Waals surface area contributed by atoms with Crippen LogP contribution < -0.4 is 15.6 Å². The number of hydrogen-bond acceptors (Lipinski definition) is 7. The van der Waals surface area contributed by atoms with Crippen LogP contribution in [0.5, 0.6) is 0 Å². The molecule has 12 aliphatic carbocycles. The summed E-state index contributed by atoms with van der Waals surface area (Å²) in [7, 11) is -3.24. The summed E-state index contributed by atoms with van der Waals surface area (Å²) < 4.78 is 42.3. The maximum atomic E-state index is 12.4. The molecule has 0 aromatic rings. The zero-order valence-corrected chi connectivity index (χ0v) is 55.7. The van der Waals surface area contributed by atoms with E-state index >= 15 is 0 Å². The molecule has 78 heavy (non-hydrogen) atoms. The second-order valence-corrected chi connectivity index (χ2v) is 38.5. The van der Waals surface area contributed by atoms with Gasteiger partial charge in [-0.25, -0.2) is 17.3 Å². The van der Waals surface area contributed by atoms with Crippen molar-refractivity contribution in [2.24, 2.45) is 114 Å². The van der Waals surface area contributed by atoms with Crippen LogP contribution in [0.3, 0.4) is 0 Å². The maximum Gasteiger partial charge on any atom is 0.144 e.